The van der Waals surface area contributed by atoms with Crippen LogP contribution < -0.4 is 0 Å². The number of hydrogen-bond donors (Lipinski definition) is 2. The highest BCUT2D eigenvalue weighted by atomic mass is 19.1. The number of carbonyl (C=O) groups is 1. The van der Waals surface area contributed by atoms with Gasteiger partial charge in [-0.25, -0.2) is 4.39 Å². The summed E-state index contributed by atoms with van der Waals surface area (Å²) >= 11 is 0. The van der Waals surface area contributed by atoms with Crippen LogP contribution in [0.3, 0.4) is 0 Å². The highest BCUT2D eigenvalue weighted by Gasteiger charge is 2.29. The summed E-state index contributed by atoms with van der Waals surface area (Å²) in [5.41, 5.74) is 0.396. The maximum absolute atomic E-state index is 13.0. The summed E-state index contributed by atoms with van der Waals surface area (Å²) in [6.07, 6.45) is 0.564. The number of nitrogens with zero attached hydrogens (tertiary/aromatic N) is 1. The van der Waals surface area contributed by atoms with Crippen molar-refractivity contribution in [1.29, 1.82) is 0 Å². The Morgan fingerprint density at radius 3 is 3.00 bits per heavy atom. The molecule has 0 unspecified atom stereocenters. The zero-order valence-electron chi connectivity index (χ0n) is 10.6. The Labute approximate surface area is 111 Å². The van der Waals surface area contributed by atoms with Gasteiger partial charge in [0.15, 0.2) is 0 Å². The number of aliphatic hydroxyl groups is 2. The van der Waals surface area contributed by atoms with Gasteiger partial charge in [0.1, 0.15) is 5.82 Å². The van der Waals surface area contributed by atoms with E-state index in [1.165, 1.54) is 18.2 Å². The molecule has 0 saturated carbocycles. The van der Waals surface area contributed by atoms with E-state index in [1.54, 1.807) is 11.0 Å². The van der Waals surface area contributed by atoms with Gasteiger partial charge >= 0.3 is 0 Å². The molecule has 5 heteroatoms. The molecule has 0 aliphatic carbocycles. The quantitative estimate of drug-likeness (QED) is 0.862. The smallest absolute Gasteiger partial charge is 0.225 e. The fraction of sp³-hybridized carbons (Fsp3) is 0.500. The third-order valence-corrected chi connectivity index (χ3v) is 3.51. The van der Waals surface area contributed by atoms with Gasteiger partial charge in [-0.05, 0) is 30.5 Å². The Kier molecular flexibility index (Phi) is 4.50. The zero-order valence-corrected chi connectivity index (χ0v) is 10.6. The number of amides is 1. The predicted molar refractivity (Wildman–Crippen MR) is 67.8 cm³/mol. The van der Waals surface area contributed by atoms with Crippen LogP contribution in [0.5, 0.6) is 0 Å². The van der Waals surface area contributed by atoms with Crippen LogP contribution in [0.4, 0.5) is 4.39 Å². The Morgan fingerprint density at radius 2 is 2.32 bits per heavy atom. The average molecular weight is 267 g/mol. The number of carbonyl (C=O) groups excluding carboxylic acids is 1. The van der Waals surface area contributed by atoms with E-state index in [9.17, 15) is 14.3 Å². The molecule has 0 spiro atoms. The molecular formula is C14H18FNO3. The van der Waals surface area contributed by atoms with E-state index in [2.05, 4.69) is 0 Å². The molecular weight excluding hydrogens is 249 g/mol. The molecule has 0 aromatic heterocycles. The van der Waals surface area contributed by atoms with Crippen LogP contribution in [-0.2, 0) is 4.79 Å². The lowest BCUT2D eigenvalue weighted by molar-refractivity contribution is -0.134. The minimum Gasteiger partial charge on any atom is -0.394 e. The van der Waals surface area contributed by atoms with Gasteiger partial charge < -0.3 is 15.1 Å². The first kappa shape index (κ1) is 14.0. The molecule has 1 aliphatic heterocycles. The van der Waals surface area contributed by atoms with Crippen LogP contribution in [0, 0.1) is 5.82 Å². The van der Waals surface area contributed by atoms with Crippen molar-refractivity contribution in [3.63, 3.8) is 0 Å². The molecule has 2 N–H and O–H groups in total. The molecule has 0 bridgehead atoms. The lowest BCUT2D eigenvalue weighted by Crippen LogP contribution is -2.38. The van der Waals surface area contributed by atoms with Crippen LogP contribution in [0.25, 0.3) is 0 Å². The van der Waals surface area contributed by atoms with Crippen molar-refractivity contribution < 1.29 is 19.4 Å². The van der Waals surface area contributed by atoms with E-state index < -0.39 is 11.9 Å². The SMILES string of the molecule is O=C(C[C@H](O)c1cccc(F)c1)N1CCC[C@@H]1CO. The number of halogens is 1. The first-order chi connectivity index (χ1) is 9.11. The monoisotopic (exact) mass is 267 g/mol. The van der Waals surface area contributed by atoms with Gasteiger partial charge in [0.05, 0.1) is 25.2 Å². The van der Waals surface area contributed by atoms with Crippen LogP contribution in [0.15, 0.2) is 24.3 Å². The molecule has 1 aromatic carbocycles. The second kappa shape index (κ2) is 6.12. The minimum atomic E-state index is -1.01. The maximum atomic E-state index is 13.0. The average Bonchev–Trinajstić information content (AvgIpc) is 2.87. The molecule has 2 rings (SSSR count). The fourth-order valence-corrected chi connectivity index (χ4v) is 2.47. The third-order valence-electron chi connectivity index (χ3n) is 3.51. The topological polar surface area (TPSA) is 60.8 Å². The van der Waals surface area contributed by atoms with Gasteiger partial charge in [-0.1, -0.05) is 12.1 Å². The summed E-state index contributed by atoms with van der Waals surface area (Å²) in [5.74, 6) is -0.633. The summed E-state index contributed by atoms with van der Waals surface area (Å²) in [6, 6.07) is 5.47. The lowest BCUT2D eigenvalue weighted by Gasteiger charge is -2.24. The Morgan fingerprint density at radius 1 is 1.53 bits per heavy atom. The minimum absolute atomic E-state index is 0.0538. The fourth-order valence-electron chi connectivity index (χ4n) is 2.47. The normalized spacial score (nSPS) is 20.6. The number of hydrogen-bond acceptors (Lipinski definition) is 3. The van der Waals surface area contributed by atoms with E-state index >= 15 is 0 Å². The molecule has 1 fully saturated rings. The van der Waals surface area contributed by atoms with E-state index in [0.29, 0.717) is 12.1 Å². The van der Waals surface area contributed by atoms with Crippen molar-refractivity contribution in [1.82, 2.24) is 4.90 Å². The second-order valence-electron chi connectivity index (χ2n) is 4.84. The van der Waals surface area contributed by atoms with Crippen molar-refractivity contribution in [3.05, 3.63) is 35.6 Å². The van der Waals surface area contributed by atoms with Crippen LogP contribution in [-0.4, -0.2) is 40.2 Å². The van der Waals surface area contributed by atoms with Crippen LogP contribution >= 0.6 is 0 Å². The number of benzene rings is 1. The molecule has 0 radical (unpaired) electrons. The van der Waals surface area contributed by atoms with Gasteiger partial charge in [0.25, 0.3) is 0 Å². The number of rotatable bonds is 4. The van der Waals surface area contributed by atoms with E-state index in [-0.39, 0.29) is 25.0 Å². The van der Waals surface area contributed by atoms with Gasteiger partial charge in [0.2, 0.25) is 5.91 Å². The molecule has 2 atom stereocenters. The van der Waals surface area contributed by atoms with E-state index in [4.69, 9.17) is 5.11 Å². The van der Waals surface area contributed by atoms with Crippen molar-refractivity contribution in [2.45, 2.75) is 31.4 Å². The predicted octanol–water partition coefficient (Wildman–Crippen LogP) is 1.23. The third kappa shape index (κ3) is 3.30. The van der Waals surface area contributed by atoms with E-state index in [0.717, 1.165) is 12.8 Å². The Bertz CT molecular complexity index is 452. The second-order valence-corrected chi connectivity index (χ2v) is 4.84. The van der Waals surface area contributed by atoms with Crippen LogP contribution in [0.1, 0.15) is 30.9 Å². The summed E-state index contributed by atoms with van der Waals surface area (Å²) in [7, 11) is 0. The first-order valence-corrected chi connectivity index (χ1v) is 6.45. The number of likely N-dealkylation sites (tertiary alicyclic amines) is 1. The Balaban J connectivity index is 1.98. The molecule has 1 saturated heterocycles. The summed E-state index contributed by atoms with van der Waals surface area (Å²) in [4.78, 5) is 13.6. The van der Waals surface area contributed by atoms with E-state index in [1.807, 2.05) is 0 Å². The summed E-state index contributed by atoms with van der Waals surface area (Å²) < 4.78 is 13.0. The summed E-state index contributed by atoms with van der Waals surface area (Å²) in [6.45, 7) is 0.557. The Hall–Kier alpha value is -1.46. The van der Waals surface area contributed by atoms with Gasteiger partial charge in [-0.2, -0.15) is 0 Å². The largest absolute Gasteiger partial charge is 0.394 e. The highest BCUT2D eigenvalue weighted by Crippen LogP contribution is 2.23. The summed E-state index contributed by atoms with van der Waals surface area (Å²) in [5, 5.41) is 19.1. The van der Waals surface area contributed by atoms with Gasteiger partial charge in [-0.3, -0.25) is 4.79 Å². The van der Waals surface area contributed by atoms with Crippen molar-refractivity contribution in [2.75, 3.05) is 13.2 Å². The standard InChI is InChI=1S/C14H18FNO3/c15-11-4-1-3-10(7-11)13(18)8-14(19)16-6-2-5-12(16)9-17/h1,3-4,7,12-13,17-18H,2,5-6,8-9H2/t12-,13+/m1/s1. The molecule has 4 nitrogen and oxygen atoms in total. The molecule has 1 amide bonds. The van der Waals surface area contributed by atoms with Gasteiger partial charge in [-0.15, -0.1) is 0 Å². The van der Waals surface area contributed by atoms with Gasteiger partial charge in [0, 0.05) is 6.54 Å². The highest BCUT2D eigenvalue weighted by molar-refractivity contribution is 5.77. The lowest BCUT2D eigenvalue weighted by atomic mass is 10.1. The van der Waals surface area contributed by atoms with Crippen molar-refractivity contribution in [2.24, 2.45) is 0 Å². The zero-order chi connectivity index (χ0) is 13.8. The molecule has 19 heavy (non-hydrogen) atoms. The first-order valence-electron chi connectivity index (χ1n) is 6.45. The number of aliphatic hydroxyl groups excluding tert-OH is 2. The maximum Gasteiger partial charge on any atom is 0.225 e. The molecule has 1 heterocycles. The van der Waals surface area contributed by atoms with Crippen LogP contribution in [0.2, 0.25) is 0 Å². The van der Waals surface area contributed by atoms with Crippen molar-refractivity contribution in [3.8, 4) is 0 Å². The van der Waals surface area contributed by atoms with Crippen molar-refractivity contribution >= 4 is 5.91 Å². The molecule has 1 aromatic rings. The molecule has 1 aliphatic rings. The molecule has 104 valence electrons.